The molecule has 0 spiro atoms. The lowest BCUT2D eigenvalue weighted by molar-refractivity contribution is -0.118. The fourth-order valence-electron chi connectivity index (χ4n) is 3.19. The van der Waals surface area contributed by atoms with Gasteiger partial charge in [0.05, 0.1) is 6.54 Å². The van der Waals surface area contributed by atoms with Crippen LogP contribution in [0.15, 0.2) is 83.5 Å². The predicted octanol–water partition coefficient (Wildman–Crippen LogP) is 3.94. The van der Waals surface area contributed by atoms with Crippen LogP contribution in [-0.4, -0.2) is 35.0 Å². The molecular formula is C24H19FN4O3S. The molecule has 0 unspecified atom stereocenters. The Bertz CT molecular complexity index is 1250. The van der Waals surface area contributed by atoms with Crippen molar-refractivity contribution in [1.29, 1.82) is 0 Å². The van der Waals surface area contributed by atoms with E-state index in [-0.39, 0.29) is 30.7 Å². The second kappa shape index (κ2) is 10.5. The van der Waals surface area contributed by atoms with Crippen LogP contribution in [0.3, 0.4) is 0 Å². The van der Waals surface area contributed by atoms with E-state index in [2.05, 4.69) is 26.6 Å². The minimum Gasteiger partial charge on any atom is -0.476 e. The second-order valence-corrected chi connectivity index (χ2v) is 7.80. The molecule has 0 radical (unpaired) electrons. The van der Waals surface area contributed by atoms with Crippen molar-refractivity contribution in [1.82, 2.24) is 15.5 Å². The minimum atomic E-state index is -0.382. The van der Waals surface area contributed by atoms with E-state index in [0.29, 0.717) is 34.0 Å². The number of halogens is 1. The van der Waals surface area contributed by atoms with Crippen LogP contribution in [0.5, 0.6) is 0 Å². The van der Waals surface area contributed by atoms with Crippen molar-refractivity contribution in [2.45, 2.75) is 6.42 Å². The summed E-state index contributed by atoms with van der Waals surface area (Å²) in [5.74, 6) is -0.487. The standard InChI is InChI=1S/C24H19FN4O3S/c25-16-5-3-6-17(12-11-16)26-13-21(30)19-9-4-10-22(20-8-2-1-7-18(19)20)32-14-23(31)28-24-29-27-15-33-24/h1-9,11,15,26H,12-14H2,(H,28,29,31). The number of allylic oxidation sites excluding steroid dienone is 7. The number of aromatic nitrogens is 2. The Balaban J connectivity index is 1.44. The number of nitrogens with one attached hydrogen (secondary N) is 2. The third-order valence-electron chi connectivity index (χ3n) is 4.73. The lowest BCUT2D eigenvalue weighted by Crippen LogP contribution is -2.23. The number of benzene rings is 1. The molecule has 7 nitrogen and oxygen atoms in total. The summed E-state index contributed by atoms with van der Waals surface area (Å²) in [6, 6.07) is 7.27. The molecule has 4 rings (SSSR count). The lowest BCUT2D eigenvalue weighted by Gasteiger charge is -2.14. The normalized spacial score (nSPS) is 14.6. The van der Waals surface area contributed by atoms with Gasteiger partial charge in [0.1, 0.15) is 11.3 Å². The zero-order chi connectivity index (χ0) is 23.0. The summed E-state index contributed by atoms with van der Waals surface area (Å²) in [5, 5.41) is 13.5. The number of hydrogen-bond donors (Lipinski definition) is 2. The Hall–Kier alpha value is -4.07. The fourth-order valence-corrected chi connectivity index (χ4v) is 3.65. The third kappa shape index (κ3) is 5.79. The van der Waals surface area contributed by atoms with Gasteiger partial charge in [0.2, 0.25) is 5.13 Å². The Kier molecular flexibility index (Phi) is 7.04. The molecule has 2 aliphatic carbocycles. The largest absolute Gasteiger partial charge is 0.476 e. The topological polar surface area (TPSA) is 93.2 Å². The van der Waals surface area contributed by atoms with Crippen molar-refractivity contribution in [2.75, 3.05) is 18.5 Å². The molecule has 1 aromatic heterocycles. The molecule has 0 saturated carbocycles. The van der Waals surface area contributed by atoms with Crippen LogP contribution in [0.1, 0.15) is 17.5 Å². The molecule has 9 heteroatoms. The molecule has 0 fully saturated rings. The third-order valence-corrected chi connectivity index (χ3v) is 5.33. The van der Waals surface area contributed by atoms with Crippen molar-refractivity contribution in [2.24, 2.45) is 0 Å². The van der Waals surface area contributed by atoms with E-state index in [1.807, 2.05) is 18.2 Å². The van der Waals surface area contributed by atoms with Gasteiger partial charge in [-0.2, -0.15) is 0 Å². The van der Waals surface area contributed by atoms with Crippen LogP contribution in [0, 0.1) is 0 Å². The van der Waals surface area contributed by atoms with Gasteiger partial charge in [0.15, 0.2) is 18.1 Å². The molecule has 1 aromatic carbocycles. The van der Waals surface area contributed by atoms with Gasteiger partial charge in [-0.25, -0.2) is 4.39 Å². The van der Waals surface area contributed by atoms with E-state index in [1.165, 1.54) is 29.0 Å². The highest BCUT2D eigenvalue weighted by molar-refractivity contribution is 7.13. The first kappa shape index (κ1) is 22.1. The Labute approximate surface area is 193 Å². The maximum absolute atomic E-state index is 13.3. The van der Waals surface area contributed by atoms with Gasteiger partial charge in [-0.05, 0) is 42.0 Å². The van der Waals surface area contributed by atoms with Crippen LogP contribution in [-0.2, 0) is 14.3 Å². The second-order valence-electron chi connectivity index (χ2n) is 6.97. The van der Waals surface area contributed by atoms with Crippen molar-refractivity contribution in [3.8, 4) is 0 Å². The van der Waals surface area contributed by atoms with Crippen molar-refractivity contribution < 1.29 is 18.7 Å². The molecule has 0 atom stereocenters. The molecule has 2 aliphatic rings. The first-order valence-corrected chi connectivity index (χ1v) is 10.9. The number of amides is 1. The summed E-state index contributed by atoms with van der Waals surface area (Å²) >= 11 is 1.20. The number of rotatable bonds is 8. The van der Waals surface area contributed by atoms with E-state index in [1.54, 1.807) is 30.4 Å². The van der Waals surface area contributed by atoms with E-state index in [4.69, 9.17) is 4.74 Å². The van der Waals surface area contributed by atoms with E-state index in [0.717, 1.165) is 5.70 Å². The van der Waals surface area contributed by atoms with Crippen molar-refractivity contribution >= 4 is 39.5 Å². The summed E-state index contributed by atoms with van der Waals surface area (Å²) in [5.41, 5.74) is 7.06. The number of hydrogen-bond acceptors (Lipinski definition) is 7. The summed E-state index contributed by atoms with van der Waals surface area (Å²) in [4.78, 5) is 25.2. The molecule has 1 amide bonds. The van der Waals surface area contributed by atoms with Crippen LogP contribution >= 0.6 is 11.3 Å². The van der Waals surface area contributed by atoms with Gasteiger partial charge in [-0.3, -0.25) is 14.9 Å². The van der Waals surface area contributed by atoms with E-state index < -0.39 is 0 Å². The van der Waals surface area contributed by atoms with E-state index >= 15 is 0 Å². The monoisotopic (exact) mass is 462 g/mol. The molecule has 1 heterocycles. The van der Waals surface area contributed by atoms with Crippen LogP contribution in [0.2, 0.25) is 0 Å². The van der Waals surface area contributed by atoms with Crippen molar-refractivity contribution in [3.63, 3.8) is 0 Å². The number of fused-ring (bicyclic) bond motifs is 1. The molecule has 0 bridgehead atoms. The van der Waals surface area contributed by atoms with Gasteiger partial charge in [-0.1, -0.05) is 41.3 Å². The number of carbonyl (C=O) groups excluding carboxylic acids is 2. The average Bonchev–Trinajstić information content (AvgIpc) is 3.14. The first-order chi connectivity index (χ1) is 16.1. The van der Waals surface area contributed by atoms with Gasteiger partial charge in [0, 0.05) is 23.3 Å². The first-order valence-electron chi connectivity index (χ1n) is 10.1. The Morgan fingerprint density at radius 3 is 2.88 bits per heavy atom. The zero-order valence-corrected chi connectivity index (χ0v) is 18.2. The summed E-state index contributed by atoms with van der Waals surface area (Å²) in [6.45, 7) is -0.204. The minimum absolute atomic E-state index is 0.0452. The number of anilines is 1. The smallest absolute Gasteiger partial charge is 0.264 e. The number of nitrogens with zero attached hydrogens (tertiary/aromatic N) is 2. The maximum Gasteiger partial charge on any atom is 0.264 e. The number of Topliss-reactive ketones (excluding diaryl/α,β-unsaturated/α-hetero) is 1. The van der Waals surface area contributed by atoms with Gasteiger partial charge in [-0.15, -0.1) is 10.2 Å². The zero-order valence-electron chi connectivity index (χ0n) is 17.4. The number of ether oxygens (including phenoxy) is 1. The molecular weight excluding hydrogens is 443 g/mol. The fraction of sp³-hybridized carbons (Fsp3) is 0.125. The van der Waals surface area contributed by atoms with E-state index in [9.17, 15) is 14.0 Å². The van der Waals surface area contributed by atoms with Crippen LogP contribution in [0.4, 0.5) is 9.52 Å². The molecule has 33 heavy (non-hydrogen) atoms. The quantitative estimate of drug-likeness (QED) is 0.578. The van der Waals surface area contributed by atoms with Crippen LogP contribution < -0.4 is 10.6 Å². The van der Waals surface area contributed by atoms with Gasteiger partial charge < -0.3 is 10.1 Å². The lowest BCUT2D eigenvalue weighted by atomic mass is 9.96. The summed E-state index contributed by atoms with van der Waals surface area (Å²) in [7, 11) is 0. The van der Waals surface area contributed by atoms with Gasteiger partial charge >= 0.3 is 0 Å². The average molecular weight is 463 g/mol. The summed E-state index contributed by atoms with van der Waals surface area (Å²) in [6.07, 6.45) is 9.80. The van der Waals surface area contributed by atoms with Gasteiger partial charge in [0.25, 0.3) is 5.91 Å². The summed E-state index contributed by atoms with van der Waals surface area (Å²) < 4.78 is 19.0. The highest BCUT2D eigenvalue weighted by Crippen LogP contribution is 2.28. The molecule has 166 valence electrons. The Morgan fingerprint density at radius 2 is 2.06 bits per heavy atom. The highest BCUT2D eigenvalue weighted by Gasteiger charge is 2.20. The predicted molar refractivity (Wildman–Crippen MR) is 124 cm³/mol. The van der Waals surface area contributed by atoms with Crippen molar-refractivity contribution in [3.05, 3.63) is 94.6 Å². The maximum atomic E-state index is 13.3. The Morgan fingerprint density at radius 1 is 1.21 bits per heavy atom. The molecule has 0 saturated heterocycles. The number of ketones is 1. The molecule has 2 aromatic rings. The highest BCUT2D eigenvalue weighted by atomic mass is 32.1. The molecule has 0 aliphatic heterocycles. The molecule has 2 N–H and O–H groups in total. The van der Waals surface area contributed by atoms with Crippen LogP contribution in [0.25, 0.3) is 11.3 Å². The SMILES string of the molecule is O=C(COC1=C=CC=C(C(=O)CNC2=CC=CC(F)=CC2)c2ccccc21)Nc1nncs1. The number of carbonyl (C=O) groups is 2.